The molecule has 9 nitrogen and oxygen atoms in total. The molecule has 1 amide bonds. The standard InChI is InChI=1S/C17H23FN8O/c1-9-12(18)16(27)23-17(22-9)26-5-10-3-25(4-11(10)6-26)15-13-14(19-7-20-15)21-8-24(13)2/h7-12,17,22H,3-6H2,1-2H3,(H,23,27). The number of imidazole rings is 1. The van der Waals surface area contributed by atoms with Gasteiger partial charge in [-0.25, -0.2) is 19.3 Å². The van der Waals surface area contributed by atoms with Crippen LogP contribution in [-0.2, 0) is 11.8 Å². The van der Waals surface area contributed by atoms with Crippen LogP contribution in [0.15, 0.2) is 12.7 Å². The first kappa shape index (κ1) is 16.8. The number of hydrogen-bond donors (Lipinski definition) is 2. The van der Waals surface area contributed by atoms with Gasteiger partial charge in [0, 0.05) is 39.3 Å². The van der Waals surface area contributed by atoms with Crippen molar-refractivity contribution >= 4 is 22.9 Å². The summed E-state index contributed by atoms with van der Waals surface area (Å²) in [5, 5.41) is 5.93. The molecule has 0 aromatic carbocycles. The number of anilines is 1. The highest BCUT2D eigenvalue weighted by Gasteiger charge is 2.45. The molecule has 5 rings (SSSR count). The number of aromatic nitrogens is 4. The lowest BCUT2D eigenvalue weighted by atomic mass is 10.0. The van der Waals surface area contributed by atoms with Gasteiger partial charge < -0.3 is 14.8 Å². The number of fused-ring (bicyclic) bond motifs is 2. The second-order valence-electron chi connectivity index (χ2n) is 7.87. The Morgan fingerprint density at radius 1 is 1.15 bits per heavy atom. The van der Waals surface area contributed by atoms with Crippen LogP contribution in [0.4, 0.5) is 10.2 Å². The topological polar surface area (TPSA) is 91.2 Å². The lowest BCUT2D eigenvalue weighted by Crippen LogP contribution is -2.67. The minimum absolute atomic E-state index is 0.290. The van der Waals surface area contributed by atoms with Crippen molar-refractivity contribution in [3.05, 3.63) is 12.7 Å². The van der Waals surface area contributed by atoms with Crippen LogP contribution in [0.1, 0.15) is 6.92 Å². The third-order valence-corrected chi connectivity index (χ3v) is 6.06. The van der Waals surface area contributed by atoms with Gasteiger partial charge in [0.1, 0.15) is 18.1 Å². The summed E-state index contributed by atoms with van der Waals surface area (Å²) in [6.45, 7) is 5.24. The van der Waals surface area contributed by atoms with Crippen molar-refractivity contribution in [2.75, 3.05) is 31.1 Å². The van der Waals surface area contributed by atoms with Gasteiger partial charge in [0.05, 0.1) is 6.33 Å². The molecule has 5 heterocycles. The first-order valence-corrected chi connectivity index (χ1v) is 9.33. The van der Waals surface area contributed by atoms with E-state index in [1.54, 1.807) is 19.6 Å². The van der Waals surface area contributed by atoms with E-state index in [4.69, 9.17) is 0 Å². The lowest BCUT2D eigenvalue weighted by Gasteiger charge is -2.37. The average molecular weight is 374 g/mol. The van der Waals surface area contributed by atoms with E-state index in [1.807, 2.05) is 11.6 Å². The molecule has 10 heteroatoms. The minimum Gasteiger partial charge on any atom is -0.354 e. The number of likely N-dealkylation sites (tertiary alicyclic amines) is 1. The summed E-state index contributed by atoms with van der Waals surface area (Å²) < 4.78 is 15.7. The predicted octanol–water partition coefficient (Wildman–Crippen LogP) is -0.539. The number of hydrogen-bond acceptors (Lipinski definition) is 7. The maximum Gasteiger partial charge on any atom is 0.258 e. The van der Waals surface area contributed by atoms with Crippen LogP contribution < -0.4 is 15.5 Å². The molecular weight excluding hydrogens is 351 g/mol. The van der Waals surface area contributed by atoms with Crippen LogP contribution in [0.5, 0.6) is 0 Å². The number of rotatable bonds is 2. The van der Waals surface area contributed by atoms with Gasteiger partial charge in [-0.1, -0.05) is 0 Å². The monoisotopic (exact) mass is 374 g/mol. The fourth-order valence-corrected chi connectivity index (χ4v) is 4.63. The summed E-state index contributed by atoms with van der Waals surface area (Å²) in [6, 6.07) is -0.472. The summed E-state index contributed by atoms with van der Waals surface area (Å²) in [6.07, 6.45) is 1.55. The SMILES string of the molecule is CC1NC(N2CC3CN(c4ncnc5ncn(C)c45)CC3C2)NC(=O)C1F. The Kier molecular flexibility index (Phi) is 3.80. The highest BCUT2D eigenvalue weighted by atomic mass is 19.1. The van der Waals surface area contributed by atoms with Gasteiger partial charge in [-0.3, -0.25) is 15.0 Å². The summed E-state index contributed by atoms with van der Waals surface area (Å²) in [5.41, 5.74) is 1.67. The van der Waals surface area contributed by atoms with E-state index in [2.05, 4.69) is 35.4 Å². The number of carbonyl (C=O) groups is 1. The van der Waals surface area contributed by atoms with Gasteiger partial charge in [-0.15, -0.1) is 0 Å². The molecule has 0 saturated carbocycles. The summed E-state index contributed by atoms with van der Waals surface area (Å²) in [7, 11) is 1.96. The number of amides is 1. The maximum absolute atomic E-state index is 13.7. The maximum atomic E-state index is 13.7. The van der Waals surface area contributed by atoms with E-state index in [1.165, 1.54) is 0 Å². The van der Waals surface area contributed by atoms with E-state index < -0.39 is 18.1 Å². The number of carbonyl (C=O) groups excluding carboxylic acids is 1. The molecule has 2 aromatic rings. The molecule has 3 saturated heterocycles. The fraction of sp³-hybridized carbons (Fsp3) is 0.647. The first-order valence-electron chi connectivity index (χ1n) is 9.33. The Morgan fingerprint density at radius 2 is 1.89 bits per heavy atom. The summed E-state index contributed by atoms with van der Waals surface area (Å²) >= 11 is 0. The molecule has 3 fully saturated rings. The molecule has 0 bridgehead atoms. The average Bonchev–Trinajstić information content (AvgIpc) is 3.32. The Hall–Kier alpha value is -2.33. The number of nitrogens with zero attached hydrogens (tertiary/aromatic N) is 6. The van der Waals surface area contributed by atoms with Crippen molar-refractivity contribution in [2.24, 2.45) is 18.9 Å². The van der Waals surface area contributed by atoms with E-state index in [0.29, 0.717) is 17.5 Å². The minimum atomic E-state index is -1.49. The molecular formula is C17H23FN8O. The van der Waals surface area contributed by atoms with Crippen molar-refractivity contribution in [2.45, 2.75) is 25.4 Å². The Labute approximate surface area is 155 Å². The summed E-state index contributed by atoms with van der Waals surface area (Å²) in [5.74, 6) is 1.38. The zero-order valence-electron chi connectivity index (χ0n) is 15.3. The van der Waals surface area contributed by atoms with Gasteiger partial charge in [-0.2, -0.15) is 0 Å². The molecule has 5 atom stereocenters. The molecule has 144 valence electrons. The summed E-state index contributed by atoms with van der Waals surface area (Å²) in [4.78, 5) is 29.4. The largest absolute Gasteiger partial charge is 0.354 e. The Balaban J connectivity index is 1.30. The Bertz CT molecular complexity index is 873. The zero-order valence-corrected chi connectivity index (χ0v) is 15.3. The molecule has 0 spiro atoms. The van der Waals surface area contributed by atoms with Crippen LogP contribution in [-0.4, -0.2) is 75.0 Å². The zero-order chi connectivity index (χ0) is 18.7. The highest BCUT2D eigenvalue weighted by Crippen LogP contribution is 2.35. The van der Waals surface area contributed by atoms with Crippen LogP contribution in [0.25, 0.3) is 11.2 Å². The van der Waals surface area contributed by atoms with E-state index in [9.17, 15) is 9.18 Å². The third kappa shape index (κ3) is 2.66. The van der Waals surface area contributed by atoms with Gasteiger partial charge in [0.15, 0.2) is 17.6 Å². The second kappa shape index (κ2) is 6.10. The van der Waals surface area contributed by atoms with Crippen molar-refractivity contribution in [1.29, 1.82) is 0 Å². The third-order valence-electron chi connectivity index (χ3n) is 6.06. The first-order chi connectivity index (χ1) is 13.0. The van der Waals surface area contributed by atoms with Crippen molar-refractivity contribution in [3.8, 4) is 0 Å². The van der Waals surface area contributed by atoms with E-state index in [-0.39, 0.29) is 6.29 Å². The highest BCUT2D eigenvalue weighted by molar-refractivity contribution is 5.84. The molecule has 2 N–H and O–H groups in total. The molecule has 27 heavy (non-hydrogen) atoms. The number of nitrogens with one attached hydrogen (secondary N) is 2. The molecule has 3 aliphatic heterocycles. The number of alkyl halides is 1. The normalized spacial score (nSPS) is 34.3. The van der Waals surface area contributed by atoms with Crippen LogP contribution in [0, 0.1) is 11.8 Å². The van der Waals surface area contributed by atoms with Crippen molar-refractivity contribution in [3.63, 3.8) is 0 Å². The molecule has 3 aliphatic rings. The van der Waals surface area contributed by atoms with E-state index >= 15 is 0 Å². The smallest absolute Gasteiger partial charge is 0.258 e. The number of halogens is 1. The molecule has 2 aromatic heterocycles. The molecule has 0 aliphatic carbocycles. The van der Waals surface area contributed by atoms with Gasteiger partial charge >= 0.3 is 0 Å². The van der Waals surface area contributed by atoms with E-state index in [0.717, 1.165) is 37.5 Å². The van der Waals surface area contributed by atoms with Crippen LogP contribution in [0.2, 0.25) is 0 Å². The van der Waals surface area contributed by atoms with Gasteiger partial charge in [0.2, 0.25) is 0 Å². The molecule has 5 unspecified atom stereocenters. The van der Waals surface area contributed by atoms with Crippen molar-refractivity contribution < 1.29 is 9.18 Å². The van der Waals surface area contributed by atoms with Crippen LogP contribution >= 0.6 is 0 Å². The number of aryl methyl sites for hydroxylation is 1. The lowest BCUT2D eigenvalue weighted by molar-refractivity contribution is -0.133. The Morgan fingerprint density at radius 3 is 2.59 bits per heavy atom. The van der Waals surface area contributed by atoms with Gasteiger partial charge in [0.25, 0.3) is 5.91 Å². The molecule has 0 radical (unpaired) electrons. The predicted molar refractivity (Wildman–Crippen MR) is 96.5 cm³/mol. The quantitative estimate of drug-likeness (QED) is 0.730. The van der Waals surface area contributed by atoms with Gasteiger partial charge in [-0.05, 0) is 18.8 Å². The second-order valence-corrected chi connectivity index (χ2v) is 7.87. The fourth-order valence-electron chi connectivity index (χ4n) is 4.63. The van der Waals surface area contributed by atoms with Crippen LogP contribution in [0.3, 0.4) is 0 Å². The van der Waals surface area contributed by atoms with Crippen molar-refractivity contribution in [1.82, 2.24) is 35.1 Å².